The van der Waals surface area contributed by atoms with Gasteiger partial charge in [0.2, 0.25) is 0 Å². The zero-order chi connectivity index (χ0) is 26.1. The predicted molar refractivity (Wildman–Crippen MR) is 149 cm³/mol. The lowest BCUT2D eigenvalue weighted by Crippen LogP contribution is -2.39. The quantitative estimate of drug-likeness (QED) is 0.293. The van der Waals surface area contributed by atoms with Crippen molar-refractivity contribution in [2.24, 2.45) is 0 Å². The van der Waals surface area contributed by atoms with Gasteiger partial charge in [-0.25, -0.2) is 13.1 Å². The summed E-state index contributed by atoms with van der Waals surface area (Å²) in [5, 5.41) is 4.95. The van der Waals surface area contributed by atoms with Crippen molar-refractivity contribution < 1.29 is 8.42 Å². The van der Waals surface area contributed by atoms with E-state index in [4.69, 9.17) is 5.10 Å². The number of aryl methyl sites for hydroxylation is 1. The van der Waals surface area contributed by atoms with Crippen LogP contribution in [-0.2, 0) is 10.0 Å². The van der Waals surface area contributed by atoms with E-state index in [1.165, 1.54) is 4.41 Å². The Balaban J connectivity index is 1.55. The number of benzene rings is 4. The van der Waals surface area contributed by atoms with Crippen LogP contribution in [0.3, 0.4) is 0 Å². The molecule has 0 radical (unpaired) electrons. The molecule has 0 saturated heterocycles. The molecule has 1 aromatic heterocycles. The van der Waals surface area contributed by atoms with Crippen LogP contribution in [0.4, 0.5) is 0 Å². The summed E-state index contributed by atoms with van der Waals surface area (Å²) >= 11 is 0. The zero-order valence-corrected chi connectivity index (χ0v) is 21.6. The van der Waals surface area contributed by atoms with Gasteiger partial charge in [0.15, 0.2) is 0 Å². The Morgan fingerprint density at radius 3 is 2.00 bits per heavy atom. The molecule has 1 aliphatic heterocycles. The van der Waals surface area contributed by atoms with Crippen molar-refractivity contribution in [3.8, 4) is 16.9 Å². The van der Waals surface area contributed by atoms with Crippen molar-refractivity contribution in [2.45, 2.75) is 17.9 Å². The first-order valence-corrected chi connectivity index (χ1v) is 13.8. The molecule has 6 rings (SSSR count). The van der Waals surface area contributed by atoms with E-state index in [-0.39, 0.29) is 4.90 Å². The van der Waals surface area contributed by atoms with Gasteiger partial charge in [0.25, 0.3) is 10.0 Å². The summed E-state index contributed by atoms with van der Waals surface area (Å²) in [5.74, 6) is 0. The zero-order valence-electron chi connectivity index (χ0n) is 20.8. The standard InChI is InChI=1S/C31H26N4O2S/c1-23-17-19-25(20-18-23)31-28(22-34(33-31)26-13-7-3-8-14-26)30-21-29(24-11-5-2-6-12-24)32-35(30)38(36,37)27-15-9-4-10-16-27/h2-22,30,32H,1H3/t30-/m0/s1. The van der Waals surface area contributed by atoms with Gasteiger partial charge in [-0.1, -0.05) is 96.6 Å². The van der Waals surface area contributed by atoms with E-state index in [0.717, 1.165) is 39.3 Å². The number of hydrazine groups is 1. The molecule has 0 amide bonds. The van der Waals surface area contributed by atoms with Crippen molar-refractivity contribution in [2.75, 3.05) is 0 Å². The van der Waals surface area contributed by atoms with Gasteiger partial charge in [-0.15, -0.1) is 4.41 Å². The summed E-state index contributed by atoms with van der Waals surface area (Å²) in [4.78, 5) is 0.215. The Labute approximate surface area is 222 Å². The molecule has 1 N–H and O–H groups in total. The molecule has 188 valence electrons. The van der Waals surface area contributed by atoms with E-state index < -0.39 is 16.1 Å². The molecular weight excluding hydrogens is 492 g/mol. The minimum absolute atomic E-state index is 0.215. The topological polar surface area (TPSA) is 67.2 Å². The molecule has 0 spiro atoms. The van der Waals surface area contributed by atoms with Crippen LogP contribution < -0.4 is 5.43 Å². The van der Waals surface area contributed by atoms with E-state index >= 15 is 0 Å². The van der Waals surface area contributed by atoms with Gasteiger partial charge in [0.1, 0.15) is 0 Å². The van der Waals surface area contributed by atoms with E-state index in [1.807, 2.05) is 109 Å². The average Bonchev–Trinajstić information content (AvgIpc) is 3.61. The molecule has 0 saturated carbocycles. The van der Waals surface area contributed by atoms with Crippen LogP contribution in [0.5, 0.6) is 0 Å². The molecule has 4 aromatic carbocycles. The van der Waals surface area contributed by atoms with E-state index in [0.29, 0.717) is 0 Å². The van der Waals surface area contributed by atoms with Crippen molar-refractivity contribution >= 4 is 15.7 Å². The number of hydrogen-bond donors (Lipinski definition) is 1. The number of hydrogen-bond acceptors (Lipinski definition) is 4. The number of rotatable bonds is 6. The SMILES string of the molecule is Cc1ccc(-c2nn(-c3ccccc3)cc2[C@@H]2C=C(c3ccccc3)NN2S(=O)(=O)c2ccccc2)cc1. The highest BCUT2D eigenvalue weighted by Gasteiger charge is 2.39. The second kappa shape index (κ2) is 9.78. The van der Waals surface area contributed by atoms with Gasteiger partial charge in [-0.05, 0) is 42.8 Å². The molecule has 38 heavy (non-hydrogen) atoms. The molecule has 5 aromatic rings. The molecule has 0 aliphatic carbocycles. The van der Waals surface area contributed by atoms with Crippen molar-refractivity contribution in [1.29, 1.82) is 0 Å². The monoisotopic (exact) mass is 518 g/mol. The second-order valence-electron chi connectivity index (χ2n) is 9.20. The van der Waals surface area contributed by atoms with Crippen molar-refractivity contribution in [3.63, 3.8) is 0 Å². The summed E-state index contributed by atoms with van der Waals surface area (Å²) in [5.41, 5.74) is 9.26. The molecule has 6 nitrogen and oxygen atoms in total. The second-order valence-corrected chi connectivity index (χ2v) is 11.0. The van der Waals surface area contributed by atoms with Gasteiger partial charge in [0.05, 0.1) is 28.0 Å². The lowest BCUT2D eigenvalue weighted by atomic mass is 10.0. The van der Waals surface area contributed by atoms with Crippen molar-refractivity contribution in [1.82, 2.24) is 19.6 Å². The maximum Gasteiger partial charge on any atom is 0.260 e. The molecule has 0 bridgehead atoms. The fraction of sp³-hybridized carbons (Fsp3) is 0.0645. The number of nitrogens with one attached hydrogen (secondary N) is 1. The average molecular weight is 519 g/mol. The molecular formula is C31H26N4O2S. The van der Waals surface area contributed by atoms with Crippen LogP contribution in [0, 0.1) is 6.92 Å². The Morgan fingerprint density at radius 2 is 1.34 bits per heavy atom. The first kappa shape index (κ1) is 23.9. The van der Waals surface area contributed by atoms with Crippen LogP contribution in [-0.4, -0.2) is 22.6 Å². The lowest BCUT2D eigenvalue weighted by Gasteiger charge is -2.24. The van der Waals surface area contributed by atoms with Gasteiger partial charge >= 0.3 is 0 Å². The van der Waals surface area contributed by atoms with Gasteiger partial charge in [-0.2, -0.15) is 5.10 Å². The Bertz CT molecular complexity index is 1700. The first-order valence-electron chi connectivity index (χ1n) is 12.4. The highest BCUT2D eigenvalue weighted by atomic mass is 32.2. The normalized spacial score (nSPS) is 15.7. The minimum atomic E-state index is -3.90. The van der Waals surface area contributed by atoms with E-state index in [9.17, 15) is 8.42 Å². The predicted octanol–water partition coefficient (Wildman–Crippen LogP) is 6.14. The fourth-order valence-electron chi connectivity index (χ4n) is 4.61. The molecule has 1 atom stereocenters. The van der Waals surface area contributed by atoms with Gasteiger partial charge in [-0.3, -0.25) is 0 Å². The van der Waals surface area contributed by atoms with Gasteiger partial charge < -0.3 is 5.43 Å². The Hall–Kier alpha value is -4.46. The number of sulfonamides is 1. The largest absolute Gasteiger partial charge is 0.304 e. The summed E-state index contributed by atoms with van der Waals surface area (Å²) in [6.07, 6.45) is 3.88. The molecule has 0 unspecified atom stereocenters. The smallest absolute Gasteiger partial charge is 0.260 e. The fourth-order valence-corrected chi connectivity index (χ4v) is 6.03. The Morgan fingerprint density at radius 1 is 0.737 bits per heavy atom. The lowest BCUT2D eigenvalue weighted by molar-refractivity contribution is 0.348. The third-order valence-corrected chi connectivity index (χ3v) is 8.30. The molecule has 0 fully saturated rings. The molecule has 1 aliphatic rings. The Kier molecular flexibility index (Phi) is 6.15. The maximum absolute atomic E-state index is 14.0. The maximum atomic E-state index is 14.0. The summed E-state index contributed by atoms with van der Waals surface area (Å²) < 4.78 is 31.1. The first-order chi connectivity index (χ1) is 18.5. The van der Waals surface area contributed by atoms with Crippen LogP contribution in [0.1, 0.15) is 22.7 Å². The highest BCUT2D eigenvalue weighted by Crippen LogP contribution is 2.39. The highest BCUT2D eigenvalue weighted by molar-refractivity contribution is 7.89. The number of nitrogens with zero attached hydrogens (tertiary/aromatic N) is 3. The van der Waals surface area contributed by atoms with Crippen LogP contribution in [0.25, 0.3) is 22.6 Å². The van der Waals surface area contributed by atoms with Crippen molar-refractivity contribution in [3.05, 3.63) is 144 Å². The molecule has 2 heterocycles. The minimum Gasteiger partial charge on any atom is -0.304 e. The van der Waals surface area contributed by atoms with Crippen LogP contribution >= 0.6 is 0 Å². The van der Waals surface area contributed by atoms with E-state index in [1.54, 1.807) is 30.3 Å². The third kappa shape index (κ3) is 4.42. The summed E-state index contributed by atoms with van der Waals surface area (Å²) in [7, 11) is -3.90. The van der Waals surface area contributed by atoms with Gasteiger partial charge in [0, 0.05) is 17.3 Å². The summed E-state index contributed by atoms with van der Waals surface area (Å²) in [6, 6.07) is 35.6. The number of para-hydroxylation sites is 1. The third-order valence-electron chi connectivity index (χ3n) is 6.60. The van der Waals surface area contributed by atoms with Crippen LogP contribution in [0.2, 0.25) is 0 Å². The molecule has 7 heteroatoms. The summed E-state index contributed by atoms with van der Waals surface area (Å²) in [6.45, 7) is 2.04. The van der Waals surface area contributed by atoms with E-state index in [2.05, 4.69) is 5.43 Å². The number of aromatic nitrogens is 2. The van der Waals surface area contributed by atoms with Crippen LogP contribution in [0.15, 0.2) is 132 Å².